The second kappa shape index (κ2) is 13.7. The molecule has 4 rings (SSSR count). The Morgan fingerprint density at radius 2 is 1.42 bits per heavy atom. The molecule has 1 aromatic carbocycles. The highest BCUT2D eigenvalue weighted by Gasteiger charge is 2.42. The van der Waals surface area contributed by atoms with E-state index in [1.165, 1.54) is 35.5 Å². The third kappa shape index (κ3) is 7.22. The van der Waals surface area contributed by atoms with E-state index in [1.54, 1.807) is 0 Å². The quantitative estimate of drug-likeness (QED) is 0.181. The predicted molar refractivity (Wildman–Crippen MR) is 156 cm³/mol. The lowest BCUT2D eigenvalue weighted by molar-refractivity contribution is -0.138. The molecule has 206 valence electrons. The van der Waals surface area contributed by atoms with Crippen molar-refractivity contribution in [1.82, 2.24) is 0 Å². The Bertz CT molecular complexity index is 1030. The van der Waals surface area contributed by atoms with E-state index in [2.05, 4.69) is 86.3 Å². The lowest BCUT2D eigenvalue weighted by atomic mass is 9.67. The smallest absolute Gasteiger partial charge is 0.306 e. The van der Waals surface area contributed by atoms with Gasteiger partial charge in [-0.2, -0.15) is 11.8 Å². The topological polar surface area (TPSA) is 52.6 Å². The molecule has 1 aromatic rings. The summed E-state index contributed by atoms with van der Waals surface area (Å²) in [5.41, 5.74) is 2.63. The number of cyclic esters (lactones) is 2. The van der Waals surface area contributed by atoms with Crippen molar-refractivity contribution in [3.63, 3.8) is 0 Å². The summed E-state index contributed by atoms with van der Waals surface area (Å²) in [6.07, 6.45) is 19.9. The first-order valence-electron chi connectivity index (χ1n) is 14.4. The second-order valence-corrected chi connectivity index (χ2v) is 12.8. The predicted octanol–water partition coefficient (Wildman–Crippen LogP) is 7.59. The van der Waals surface area contributed by atoms with Crippen molar-refractivity contribution in [3.8, 4) is 0 Å². The van der Waals surface area contributed by atoms with Gasteiger partial charge in [-0.05, 0) is 65.6 Å². The van der Waals surface area contributed by atoms with Gasteiger partial charge in [0.25, 0.3) is 0 Å². The number of thioether (sulfide) groups is 1. The summed E-state index contributed by atoms with van der Waals surface area (Å²) >= 11 is 2.06. The first-order valence-corrected chi connectivity index (χ1v) is 15.6. The molecule has 0 amide bonds. The fraction of sp³-hybridized carbons (Fsp3) is 0.576. The molecule has 2 heterocycles. The molecule has 0 aromatic heterocycles. The van der Waals surface area contributed by atoms with Crippen LogP contribution in [0.3, 0.4) is 0 Å². The highest BCUT2D eigenvalue weighted by Crippen LogP contribution is 2.46. The minimum absolute atomic E-state index is 0.0213. The SMILES string of the molecule is CC(CCCCSCCCCC(C)(c1ccccc1)C1COC(=O)C1)(C1=CCC=CC=C1)C1COC(=O)C1. The molecule has 0 N–H and O–H groups in total. The molecule has 0 radical (unpaired) electrons. The van der Waals surface area contributed by atoms with Crippen LogP contribution in [0.1, 0.15) is 77.2 Å². The Morgan fingerprint density at radius 3 is 2.03 bits per heavy atom. The number of hydrogen-bond donors (Lipinski definition) is 0. The van der Waals surface area contributed by atoms with Crippen LogP contribution < -0.4 is 0 Å². The second-order valence-electron chi connectivity index (χ2n) is 11.6. The summed E-state index contributed by atoms with van der Waals surface area (Å²) in [5.74, 6) is 2.76. The molecular weight excluding hydrogens is 492 g/mol. The Balaban J connectivity index is 1.19. The molecule has 38 heavy (non-hydrogen) atoms. The van der Waals surface area contributed by atoms with E-state index >= 15 is 0 Å². The first kappa shape index (κ1) is 28.7. The summed E-state index contributed by atoms with van der Waals surface area (Å²) in [4.78, 5) is 23.7. The van der Waals surface area contributed by atoms with Crippen molar-refractivity contribution in [1.29, 1.82) is 0 Å². The number of carbonyl (C=O) groups excluding carboxylic acids is 2. The number of allylic oxidation sites excluding steroid dienone is 6. The number of ether oxygens (including phenoxy) is 2. The molecular formula is C33H44O4S. The van der Waals surface area contributed by atoms with E-state index in [9.17, 15) is 9.59 Å². The number of esters is 2. The molecule has 2 saturated heterocycles. The van der Waals surface area contributed by atoms with Crippen molar-refractivity contribution in [3.05, 3.63) is 71.8 Å². The number of benzene rings is 1. The Morgan fingerprint density at radius 1 is 0.816 bits per heavy atom. The number of hydrogen-bond acceptors (Lipinski definition) is 5. The molecule has 1 aliphatic carbocycles. The van der Waals surface area contributed by atoms with Crippen LogP contribution in [0, 0.1) is 17.3 Å². The van der Waals surface area contributed by atoms with Crippen LogP contribution in [-0.4, -0.2) is 36.7 Å². The Labute approximate surface area is 233 Å². The maximum absolute atomic E-state index is 11.9. The summed E-state index contributed by atoms with van der Waals surface area (Å²) in [5, 5.41) is 0. The summed E-state index contributed by atoms with van der Waals surface area (Å²) < 4.78 is 10.7. The molecule has 3 aliphatic rings. The number of unbranched alkanes of at least 4 members (excludes halogenated alkanes) is 2. The molecule has 0 bridgehead atoms. The van der Waals surface area contributed by atoms with Crippen LogP contribution in [0.5, 0.6) is 0 Å². The van der Waals surface area contributed by atoms with Gasteiger partial charge in [0.1, 0.15) is 0 Å². The van der Waals surface area contributed by atoms with Crippen LogP contribution in [0.2, 0.25) is 0 Å². The van der Waals surface area contributed by atoms with Gasteiger partial charge in [0, 0.05) is 11.8 Å². The highest BCUT2D eigenvalue weighted by atomic mass is 32.2. The monoisotopic (exact) mass is 536 g/mol. The van der Waals surface area contributed by atoms with Crippen LogP contribution in [0.15, 0.2) is 66.3 Å². The summed E-state index contributed by atoms with van der Waals surface area (Å²) in [7, 11) is 0. The zero-order valence-electron chi connectivity index (χ0n) is 23.2. The highest BCUT2D eigenvalue weighted by molar-refractivity contribution is 7.99. The third-order valence-corrected chi connectivity index (χ3v) is 10.2. The number of rotatable bonds is 14. The standard InChI is InChI=1S/C33H44O4S/c1-32(28-22-30(34)36-24-28,26-14-6-3-4-7-15-26)18-10-12-20-38-21-13-11-19-33(2,27-16-8-5-9-17-27)29-23-31(35)37-25-29/h3-6,8-9,14-17,28-29H,7,10-13,18-25H2,1-2H3. The van der Waals surface area contributed by atoms with Crippen molar-refractivity contribution in [2.24, 2.45) is 17.3 Å². The molecule has 4 unspecified atom stereocenters. The zero-order valence-corrected chi connectivity index (χ0v) is 24.0. The fourth-order valence-corrected chi connectivity index (χ4v) is 7.35. The van der Waals surface area contributed by atoms with Gasteiger partial charge in [0.05, 0.1) is 26.1 Å². The van der Waals surface area contributed by atoms with Gasteiger partial charge in [-0.1, -0.05) is 87.4 Å². The van der Waals surface area contributed by atoms with E-state index in [0.717, 1.165) is 32.1 Å². The third-order valence-electron chi connectivity index (χ3n) is 9.08. The number of carbonyl (C=O) groups is 2. The van der Waals surface area contributed by atoms with Gasteiger partial charge in [0.2, 0.25) is 0 Å². The average molecular weight is 537 g/mol. The van der Waals surface area contributed by atoms with Gasteiger partial charge < -0.3 is 9.47 Å². The molecule has 2 fully saturated rings. The van der Waals surface area contributed by atoms with Gasteiger partial charge in [-0.25, -0.2) is 0 Å². The van der Waals surface area contributed by atoms with Crippen LogP contribution in [0.25, 0.3) is 0 Å². The van der Waals surface area contributed by atoms with Crippen LogP contribution >= 0.6 is 11.8 Å². The van der Waals surface area contributed by atoms with Gasteiger partial charge in [0.15, 0.2) is 0 Å². The Hall–Kier alpha value is -2.27. The van der Waals surface area contributed by atoms with Gasteiger partial charge >= 0.3 is 11.9 Å². The van der Waals surface area contributed by atoms with Crippen LogP contribution in [-0.2, 0) is 24.5 Å². The minimum Gasteiger partial charge on any atom is -0.465 e. The molecule has 2 aliphatic heterocycles. The molecule has 5 heteroatoms. The lowest BCUT2D eigenvalue weighted by Crippen LogP contribution is -2.32. The van der Waals surface area contributed by atoms with E-state index in [0.29, 0.717) is 26.1 Å². The molecule has 0 spiro atoms. The van der Waals surface area contributed by atoms with Crippen LogP contribution in [0.4, 0.5) is 0 Å². The van der Waals surface area contributed by atoms with E-state index in [4.69, 9.17) is 9.47 Å². The molecule has 0 saturated carbocycles. The Kier molecular flexibility index (Phi) is 10.3. The van der Waals surface area contributed by atoms with Crippen molar-refractivity contribution in [2.45, 2.75) is 77.0 Å². The van der Waals surface area contributed by atoms with E-state index in [-0.39, 0.29) is 34.6 Å². The maximum atomic E-state index is 11.9. The minimum atomic E-state index is -0.0566. The average Bonchev–Trinajstić information content (AvgIpc) is 3.47. The van der Waals surface area contributed by atoms with Gasteiger partial charge in [-0.15, -0.1) is 0 Å². The molecule has 4 atom stereocenters. The summed E-state index contributed by atoms with van der Waals surface area (Å²) in [6, 6.07) is 10.7. The molecule has 4 nitrogen and oxygen atoms in total. The fourth-order valence-electron chi connectivity index (χ4n) is 6.33. The lowest BCUT2D eigenvalue weighted by Gasteiger charge is -2.36. The van der Waals surface area contributed by atoms with Crippen molar-refractivity contribution < 1.29 is 19.1 Å². The van der Waals surface area contributed by atoms with Crippen molar-refractivity contribution >= 4 is 23.7 Å². The largest absolute Gasteiger partial charge is 0.465 e. The zero-order chi connectivity index (χ0) is 26.8. The van der Waals surface area contributed by atoms with E-state index < -0.39 is 0 Å². The summed E-state index contributed by atoms with van der Waals surface area (Å²) in [6.45, 7) is 5.74. The maximum Gasteiger partial charge on any atom is 0.306 e. The normalized spacial score (nSPS) is 24.3. The van der Waals surface area contributed by atoms with Crippen molar-refractivity contribution in [2.75, 3.05) is 24.7 Å². The van der Waals surface area contributed by atoms with Gasteiger partial charge in [-0.3, -0.25) is 9.59 Å². The van der Waals surface area contributed by atoms with E-state index in [1.807, 2.05) is 0 Å². The first-order chi connectivity index (χ1) is 18.4.